The summed E-state index contributed by atoms with van der Waals surface area (Å²) in [6, 6.07) is 21.6. The Morgan fingerprint density at radius 3 is 2.20 bits per heavy atom. The molecule has 9 heteroatoms. The third kappa shape index (κ3) is 8.66. The zero-order valence-electron chi connectivity index (χ0n) is 23.7. The van der Waals surface area contributed by atoms with Crippen molar-refractivity contribution in [3.05, 3.63) is 99.5 Å². The molecule has 1 N–H and O–H groups in total. The number of halogens is 1. The molecule has 0 fully saturated rings. The molecule has 214 valence electrons. The summed E-state index contributed by atoms with van der Waals surface area (Å²) < 4.78 is 28.0. The van der Waals surface area contributed by atoms with Crippen LogP contribution in [0, 0.1) is 13.8 Å². The third-order valence-corrected chi connectivity index (χ3v) is 8.51. The highest BCUT2D eigenvalue weighted by molar-refractivity contribution is 9.10. The lowest BCUT2D eigenvalue weighted by Gasteiger charge is -2.34. The van der Waals surface area contributed by atoms with Gasteiger partial charge in [-0.1, -0.05) is 77.5 Å². The molecular formula is C31H38BrN3O4S. The lowest BCUT2D eigenvalue weighted by molar-refractivity contribution is -0.140. The summed E-state index contributed by atoms with van der Waals surface area (Å²) in [6.07, 6.45) is 2.12. The summed E-state index contributed by atoms with van der Waals surface area (Å²) in [6.45, 7) is 7.30. The molecule has 0 spiro atoms. The highest BCUT2D eigenvalue weighted by Gasteiger charge is 2.33. The number of nitrogens with one attached hydrogen (secondary N) is 1. The summed E-state index contributed by atoms with van der Waals surface area (Å²) in [5, 5.41) is 3.04. The normalized spacial score (nSPS) is 12.8. The first-order valence-electron chi connectivity index (χ1n) is 13.3. The Morgan fingerprint density at radius 2 is 1.60 bits per heavy atom. The van der Waals surface area contributed by atoms with Crippen LogP contribution < -0.4 is 9.62 Å². The maximum atomic E-state index is 14.2. The smallest absolute Gasteiger partial charge is 0.244 e. The Labute approximate surface area is 246 Å². The minimum absolute atomic E-state index is 0.0853. The monoisotopic (exact) mass is 627 g/mol. The van der Waals surface area contributed by atoms with E-state index in [4.69, 9.17) is 0 Å². The number of carbonyl (C=O) groups excluding carboxylic acids is 2. The molecule has 0 heterocycles. The van der Waals surface area contributed by atoms with Crippen LogP contribution in [-0.4, -0.2) is 50.0 Å². The molecule has 3 rings (SSSR count). The summed E-state index contributed by atoms with van der Waals surface area (Å²) >= 11 is 3.45. The lowest BCUT2D eigenvalue weighted by atomic mass is 10.0. The zero-order chi connectivity index (χ0) is 29.4. The molecule has 0 unspecified atom stereocenters. The largest absolute Gasteiger partial charge is 0.352 e. The first-order valence-corrected chi connectivity index (χ1v) is 16.0. The van der Waals surface area contributed by atoms with Gasteiger partial charge in [-0.25, -0.2) is 8.42 Å². The van der Waals surface area contributed by atoms with E-state index >= 15 is 0 Å². The molecule has 7 nitrogen and oxygen atoms in total. The predicted molar refractivity (Wildman–Crippen MR) is 165 cm³/mol. The van der Waals surface area contributed by atoms with Crippen LogP contribution in [0.5, 0.6) is 0 Å². The van der Waals surface area contributed by atoms with Gasteiger partial charge in [0.2, 0.25) is 21.8 Å². The number of rotatable bonds is 12. The van der Waals surface area contributed by atoms with Crippen LogP contribution >= 0.6 is 15.9 Å². The fraction of sp³-hybridized carbons (Fsp3) is 0.355. The number of aryl methyl sites for hydroxylation is 2. The first-order chi connectivity index (χ1) is 18.9. The van der Waals surface area contributed by atoms with E-state index in [1.807, 2.05) is 94.4 Å². The Balaban J connectivity index is 2.08. The Morgan fingerprint density at radius 1 is 0.950 bits per heavy atom. The standard InChI is InChI=1S/C31H38BrN3O4S/c1-6-24(4)33-31(37)29(19-25-10-8-7-9-11-25)34(20-26-14-16-27(32)17-15-26)30(36)21-35(40(5,38)39)28-18-22(2)12-13-23(28)3/h7-18,24,29H,6,19-21H2,1-5H3,(H,33,37)/t24-,29+/m0/s1. The zero-order valence-corrected chi connectivity index (χ0v) is 26.1. The van der Waals surface area contributed by atoms with Gasteiger partial charge in [-0.3, -0.25) is 13.9 Å². The second-order valence-corrected chi connectivity index (χ2v) is 13.1. The summed E-state index contributed by atoms with van der Waals surface area (Å²) in [5.74, 6) is -0.740. The maximum Gasteiger partial charge on any atom is 0.244 e. The number of nitrogens with zero attached hydrogens (tertiary/aromatic N) is 2. The van der Waals surface area contributed by atoms with Crippen LogP contribution in [0.15, 0.2) is 77.3 Å². The van der Waals surface area contributed by atoms with Gasteiger partial charge in [0, 0.05) is 23.5 Å². The number of anilines is 1. The van der Waals surface area contributed by atoms with Crippen molar-refractivity contribution in [1.82, 2.24) is 10.2 Å². The van der Waals surface area contributed by atoms with Crippen LogP contribution in [-0.2, 0) is 32.6 Å². The second-order valence-electron chi connectivity index (χ2n) is 10.2. The van der Waals surface area contributed by atoms with Gasteiger partial charge in [0.25, 0.3) is 0 Å². The lowest BCUT2D eigenvalue weighted by Crippen LogP contribution is -2.54. The molecule has 0 aliphatic rings. The fourth-order valence-electron chi connectivity index (χ4n) is 4.36. The molecule has 0 saturated carbocycles. The van der Waals surface area contributed by atoms with Crippen molar-refractivity contribution in [1.29, 1.82) is 0 Å². The van der Waals surface area contributed by atoms with Gasteiger partial charge in [-0.05, 0) is 67.6 Å². The average molecular weight is 629 g/mol. The van der Waals surface area contributed by atoms with Crippen molar-refractivity contribution in [2.75, 3.05) is 17.1 Å². The van der Waals surface area contributed by atoms with E-state index in [1.165, 1.54) is 4.90 Å². The van der Waals surface area contributed by atoms with Crippen molar-refractivity contribution in [3.63, 3.8) is 0 Å². The van der Waals surface area contributed by atoms with Crippen molar-refractivity contribution >= 4 is 43.5 Å². The molecule has 3 aromatic carbocycles. The summed E-state index contributed by atoms with van der Waals surface area (Å²) in [5.41, 5.74) is 3.78. The third-order valence-electron chi connectivity index (χ3n) is 6.85. The van der Waals surface area contributed by atoms with E-state index in [-0.39, 0.29) is 24.9 Å². The summed E-state index contributed by atoms with van der Waals surface area (Å²) in [7, 11) is -3.81. The van der Waals surface area contributed by atoms with Crippen molar-refractivity contribution in [3.8, 4) is 0 Å². The Kier molecular flexibility index (Phi) is 10.9. The number of sulfonamides is 1. The van der Waals surface area contributed by atoms with Gasteiger partial charge >= 0.3 is 0 Å². The first kappa shape index (κ1) is 31.4. The van der Waals surface area contributed by atoms with Crippen molar-refractivity contribution in [2.24, 2.45) is 0 Å². The highest BCUT2D eigenvalue weighted by atomic mass is 79.9. The number of hydrogen-bond donors (Lipinski definition) is 1. The van der Waals surface area contributed by atoms with Crippen LogP contribution in [0.1, 0.15) is 42.5 Å². The summed E-state index contributed by atoms with van der Waals surface area (Å²) in [4.78, 5) is 29.4. The van der Waals surface area contributed by atoms with Gasteiger partial charge in [-0.15, -0.1) is 0 Å². The van der Waals surface area contributed by atoms with Gasteiger partial charge < -0.3 is 10.2 Å². The maximum absolute atomic E-state index is 14.2. The molecule has 40 heavy (non-hydrogen) atoms. The van der Waals surface area contributed by atoms with E-state index < -0.39 is 28.5 Å². The Bertz CT molecular complexity index is 1410. The van der Waals surface area contributed by atoms with Crippen LogP contribution in [0.3, 0.4) is 0 Å². The number of benzene rings is 3. The molecule has 2 amide bonds. The molecular weight excluding hydrogens is 590 g/mol. The van der Waals surface area contributed by atoms with Gasteiger partial charge in [0.1, 0.15) is 12.6 Å². The molecule has 0 radical (unpaired) electrons. The molecule has 0 aromatic heterocycles. The number of amides is 2. The van der Waals surface area contributed by atoms with Crippen LogP contribution in [0.2, 0.25) is 0 Å². The highest BCUT2D eigenvalue weighted by Crippen LogP contribution is 2.25. The Hall–Kier alpha value is -3.17. The van der Waals surface area contributed by atoms with E-state index in [0.29, 0.717) is 5.69 Å². The van der Waals surface area contributed by atoms with Crippen molar-refractivity contribution in [2.45, 2.75) is 59.2 Å². The molecule has 0 aliphatic carbocycles. The molecule has 0 bridgehead atoms. The molecule has 3 aromatic rings. The van der Waals surface area contributed by atoms with Crippen LogP contribution in [0.25, 0.3) is 0 Å². The SMILES string of the molecule is CC[C@H](C)NC(=O)[C@@H](Cc1ccccc1)N(Cc1ccc(Br)cc1)C(=O)CN(c1cc(C)ccc1C)S(C)(=O)=O. The minimum Gasteiger partial charge on any atom is -0.352 e. The van der Waals surface area contributed by atoms with Gasteiger partial charge in [-0.2, -0.15) is 0 Å². The number of hydrogen-bond acceptors (Lipinski definition) is 4. The van der Waals surface area contributed by atoms with Crippen molar-refractivity contribution < 1.29 is 18.0 Å². The quantitative estimate of drug-likeness (QED) is 0.292. The van der Waals surface area contributed by atoms with E-state index in [2.05, 4.69) is 21.2 Å². The second kappa shape index (κ2) is 13.9. The molecule has 2 atom stereocenters. The van der Waals surface area contributed by atoms with E-state index in [9.17, 15) is 18.0 Å². The minimum atomic E-state index is -3.81. The van der Waals surface area contributed by atoms with E-state index in [1.54, 1.807) is 6.07 Å². The van der Waals surface area contributed by atoms with E-state index in [0.717, 1.165) is 43.7 Å². The average Bonchev–Trinajstić information content (AvgIpc) is 2.91. The predicted octanol–water partition coefficient (Wildman–Crippen LogP) is 5.39. The molecule has 0 saturated heterocycles. The molecule has 0 aliphatic heterocycles. The van der Waals surface area contributed by atoms with Gasteiger partial charge in [0.05, 0.1) is 11.9 Å². The topological polar surface area (TPSA) is 86.8 Å². The van der Waals surface area contributed by atoms with Gasteiger partial charge in [0.15, 0.2) is 0 Å². The van der Waals surface area contributed by atoms with Crippen LogP contribution in [0.4, 0.5) is 5.69 Å². The fourth-order valence-corrected chi connectivity index (χ4v) is 5.53. The number of carbonyl (C=O) groups is 2.